The molecule has 0 amide bonds. The van der Waals surface area contributed by atoms with Crippen LogP contribution in [0.4, 0.5) is 0 Å². The van der Waals surface area contributed by atoms with Crippen LogP contribution in [0.15, 0.2) is 16.7 Å². The molecule has 0 fully saturated rings. The first-order valence-corrected chi connectivity index (χ1v) is 10.7. The molecule has 1 aliphatic carbocycles. The van der Waals surface area contributed by atoms with Gasteiger partial charge in [0, 0.05) is 0 Å². The second-order valence-corrected chi connectivity index (χ2v) is 12.5. The summed E-state index contributed by atoms with van der Waals surface area (Å²) in [6.45, 7) is 10.9. The predicted octanol–water partition coefficient (Wildman–Crippen LogP) is 4.88. The van der Waals surface area contributed by atoms with Crippen LogP contribution in [0, 0.1) is 11.5 Å². The molecule has 0 unspecified atom stereocenters. The van der Waals surface area contributed by atoms with E-state index in [0.29, 0.717) is 0 Å². The quantitative estimate of drug-likeness (QED) is 0.366. The SMILES string of the molecule is CC1=[C-]C(C)(C)C(C)=C1C.[I][Co+][I]. The van der Waals surface area contributed by atoms with Crippen LogP contribution in [-0.4, -0.2) is 0 Å². The molecule has 0 aromatic carbocycles. The normalized spacial score (nSPS) is 19.8. The van der Waals surface area contributed by atoms with E-state index < -0.39 is 0 Å². The monoisotopic (exact) mass is 448 g/mol. The van der Waals surface area contributed by atoms with Gasteiger partial charge in [-0.1, -0.05) is 33.1 Å². The van der Waals surface area contributed by atoms with Gasteiger partial charge in [-0.15, -0.1) is 6.92 Å². The van der Waals surface area contributed by atoms with Gasteiger partial charge in [0.15, 0.2) is 0 Å². The van der Waals surface area contributed by atoms with E-state index in [2.05, 4.69) is 81.5 Å². The number of halogens is 2. The van der Waals surface area contributed by atoms with Crippen molar-refractivity contribution in [3.8, 4) is 0 Å². The Balaban J connectivity index is 0.000000424. The Labute approximate surface area is 111 Å². The van der Waals surface area contributed by atoms with Gasteiger partial charge in [-0.05, 0) is 0 Å². The third-order valence-electron chi connectivity index (χ3n) is 2.56. The van der Waals surface area contributed by atoms with E-state index in [-0.39, 0.29) is 5.41 Å². The molecule has 0 aromatic heterocycles. The average molecular weight is 448 g/mol. The van der Waals surface area contributed by atoms with Gasteiger partial charge < -0.3 is 0 Å². The summed E-state index contributed by atoms with van der Waals surface area (Å²) in [6, 6.07) is 0. The molecular formula is C10H15CoI2. The number of allylic oxidation sites excluding steroid dienone is 4. The first-order valence-electron chi connectivity index (χ1n) is 4.00. The topological polar surface area (TPSA) is 0 Å². The second-order valence-electron chi connectivity index (χ2n) is 3.67. The fourth-order valence-electron chi connectivity index (χ4n) is 1.41. The van der Waals surface area contributed by atoms with Gasteiger partial charge in [0.25, 0.3) is 0 Å². The average Bonchev–Trinajstić information content (AvgIpc) is 2.16. The Hall–Kier alpha value is 1.45. The minimum absolute atomic E-state index is 0.189. The van der Waals surface area contributed by atoms with Gasteiger partial charge in [0.2, 0.25) is 0 Å². The van der Waals surface area contributed by atoms with Crippen molar-refractivity contribution >= 4 is 40.8 Å². The zero-order chi connectivity index (χ0) is 10.6. The van der Waals surface area contributed by atoms with E-state index in [1.54, 1.807) is 0 Å². The summed E-state index contributed by atoms with van der Waals surface area (Å²) in [5.74, 6) is 0. The van der Waals surface area contributed by atoms with Crippen molar-refractivity contribution in [2.45, 2.75) is 34.6 Å². The van der Waals surface area contributed by atoms with Crippen molar-refractivity contribution < 1.29 is 8.26 Å². The van der Waals surface area contributed by atoms with E-state index in [4.69, 9.17) is 0 Å². The van der Waals surface area contributed by atoms with Crippen LogP contribution in [0.1, 0.15) is 34.6 Å². The molecule has 0 N–H and O–H groups in total. The molecule has 78 valence electrons. The number of hydrogen-bond donors (Lipinski definition) is 0. The summed E-state index contributed by atoms with van der Waals surface area (Å²) in [4.78, 5) is 0. The molecule has 0 bridgehead atoms. The van der Waals surface area contributed by atoms with Crippen LogP contribution < -0.4 is 0 Å². The molecule has 0 heterocycles. The van der Waals surface area contributed by atoms with Crippen LogP contribution in [0.2, 0.25) is 0 Å². The predicted molar refractivity (Wildman–Crippen MR) is 72.6 cm³/mol. The van der Waals surface area contributed by atoms with Crippen LogP contribution in [-0.2, 0) is 8.26 Å². The van der Waals surface area contributed by atoms with E-state index in [1.807, 2.05) is 0 Å². The van der Waals surface area contributed by atoms with E-state index >= 15 is 0 Å². The zero-order valence-corrected chi connectivity index (χ0v) is 13.9. The van der Waals surface area contributed by atoms with Crippen LogP contribution in [0.5, 0.6) is 0 Å². The van der Waals surface area contributed by atoms with Crippen molar-refractivity contribution in [1.29, 1.82) is 0 Å². The van der Waals surface area contributed by atoms with Crippen molar-refractivity contribution in [2.75, 3.05) is 0 Å². The van der Waals surface area contributed by atoms with Gasteiger partial charge in [-0.2, -0.15) is 11.1 Å². The second kappa shape index (κ2) is 6.12. The molecule has 0 aromatic rings. The van der Waals surface area contributed by atoms with Crippen molar-refractivity contribution in [3.05, 3.63) is 22.8 Å². The number of hydrogen-bond acceptors (Lipinski definition) is 0. The Kier molecular flexibility index (Phi) is 6.80. The molecule has 0 saturated heterocycles. The fraction of sp³-hybridized carbons (Fsp3) is 0.600. The summed E-state index contributed by atoms with van der Waals surface area (Å²) in [7, 11) is 1.38. The summed E-state index contributed by atoms with van der Waals surface area (Å²) in [6.07, 6.45) is 3.44. The maximum atomic E-state index is 3.44. The molecule has 0 spiro atoms. The molecule has 0 nitrogen and oxygen atoms in total. The molecule has 1 rings (SSSR count). The Morgan fingerprint density at radius 2 is 1.54 bits per heavy atom. The molecular weight excluding hydrogens is 433 g/mol. The van der Waals surface area contributed by atoms with Gasteiger partial charge in [-0.25, -0.2) is 5.57 Å². The summed E-state index contributed by atoms with van der Waals surface area (Å²) < 4.78 is 0. The van der Waals surface area contributed by atoms with Gasteiger partial charge >= 0.3 is 49.1 Å². The van der Waals surface area contributed by atoms with Gasteiger partial charge in [0.1, 0.15) is 0 Å². The first-order chi connectivity index (χ1) is 5.86. The Bertz CT molecular complexity index is 239. The third-order valence-corrected chi connectivity index (χ3v) is 2.56. The molecule has 0 atom stereocenters. The van der Waals surface area contributed by atoms with E-state index in [1.165, 1.54) is 25.0 Å². The van der Waals surface area contributed by atoms with Gasteiger partial charge in [0.05, 0.1) is 0 Å². The summed E-state index contributed by atoms with van der Waals surface area (Å²) >= 11 is 4.49. The summed E-state index contributed by atoms with van der Waals surface area (Å²) in [5.41, 5.74) is 4.39. The van der Waals surface area contributed by atoms with Crippen molar-refractivity contribution in [3.63, 3.8) is 0 Å². The zero-order valence-electron chi connectivity index (χ0n) is 8.59. The standard InChI is InChI=1S/C10H15.Co.2HI/c1-7-6-10(4,5)9(3)8(7)2;;;/h1-5H3;;2*1H/q-1;+3;;/p-2. The van der Waals surface area contributed by atoms with E-state index in [9.17, 15) is 0 Å². The van der Waals surface area contributed by atoms with Crippen LogP contribution in [0.3, 0.4) is 0 Å². The third kappa shape index (κ3) is 4.21. The van der Waals surface area contributed by atoms with Crippen LogP contribution >= 0.6 is 40.8 Å². The molecule has 0 aliphatic heterocycles. The molecule has 1 aliphatic rings. The molecule has 13 heavy (non-hydrogen) atoms. The first kappa shape index (κ1) is 14.4. The Morgan fingerprint density at radius 1 is 1.15 bits per heavy atom. The Morgan fingerprint density at radius 3 is 1.62 bits per heavy atom. The van der Waals surface area contributed by atoms with Crippen molar-refractivity contribution in [2.24, 2.45) is 5.41 Å². The maximum absolute atomic E-state index is 3.44. The van der Waals surface area contributed by atoms with Crippen LogP contribution in [0.25, 0.3) is 0 Å². The molecule has 3 heteroatoms. The minimum atomic E-state index is 0.189. The summed E-state index contributed by atoms with van der Waals surface area (Å²) in [5, 5.41) is 0. The van der Waals surface area contributed by atoms with E-state index in [0.717, 1.165) is 0 Å². The fourth-order valence-corrected chi connectivity index (χ4v) is 1.41. The molecule has 0 saturated carbocycles. The van der Waals surface area contributed by atoms with Gasteiger partial charge in [-0.3, -0.25) is 6.08 Å². The van der Waals surface area contributed by atoms with Crippen molar-refractivity contribution in [1.82, 2.24) is 0 Å². The molecule has 0 radical (unpaired) electrons. The number of rotatable bonds is 0.